The van der Waals surface area contributed by atoms with Gasteiger partial charge >= 0.3 is 0 Å². The molecule has 0 aliphatic rings. The van der Waals surface area contributed by atoms with Crippen molar-refractivity contribution in [3.8, 4) is 0 Å². The van der Waals surface area contributed by atoms with E-state index in [0.717, 1.165) is 36.1 Å². The van der Waals surface area contributed by atoms with Gasteiger partial charge in [0.25, 0.3) is 0 Å². The zero-order chi connectivity index (χ0) is 19.1. The van der Waals surface area contributed by atoms with Gasteiger partial charge in [-0.1, -0.05) is 6.07 Å². The summed E-state index contributed by atoms with van der Waals surface area (Å²) in [6, 6.07) is 11.2. The molecule has 0 aliphatic carbocycles. The van der Waals surface area contributed by atoms with Crippen LogP contribution < -0.4 is 15.5 Å². The van der Waals surface area contributed by atoms with Crippen molar-refractivity contribution in [1.82, 2.24) is 14.9 Å². The molecule has 0 amide bonds. The summed E-state index contributed by atoms with van der Waals surface area (Å²) in [5, 5.41) is 6.75. The third kappa shape index (κ3) is 5.88. The molecule has 0 radical (unpaired) electrons. The quantitative estimate of drug-likeness (QED) is 0.712. The second kappa shape index (κ2) is 9.38. The van der Waals surface area contributed by atoms with E-state index in [1.807, 2.05) is 32.3 Å². The molecular weight excluding hydrogens is 324 g/mol. The van der Waals surface area contributed by atoms with E-state index in [2.05, 4.69) is 70.2 Å². The van der Waals surface area contributed by atoms with Gasteiger partial charge in [0.05, 0.1) is 0 Å². The van der Waals surface area contributed by atoms with Gasteiger partial charge in [-0.2, -0.15) is 0 Å². The van der Waals surface area contributed by atoms with Crippen LogP contribution in [0.2, 0.25) is 0 Å². The number of hydrogen-bond donors (Lipinski definition) is 2. The molecule has 26 heavy (non-hydrogen) atoms. The highest BCUT2D eigenvalue weighted by Crippen LogP contribution is 2.21. The molecule has 0 aliphatic heterocycles. The summed E-state index contributed by atoms with van der Waals surface area (Å²) in [6.45, 7) is 10.8. The first kappa shape index (κ1) is 20.0. The Morgan fingerprint density at radius 3 is 2.31 bits per heavy atom. The largest absolute Gasteiger partial charge is 0.378 e. The Balaban J connectivity index is 1.96. The van der Waals surface area contributed by atoms with Gasteiger partial charge in [0.15, 0.2) is 0 Å². The van der Waals surface area contributed by atoms with Gasteiger partial charge in [0.2, 0.25) is 0 Å². The first-order valence-corrected chi connectivity index (χ1v) is 9.23. The van der Waals surface area contributed by atoms with E-state index in [4.69, 9.17) is 0 Å². The zero-order valence-electron chi connectivity index (χ0n) is 16.8. The summed E-state index contributed by atoms with van der Waals surface area (Å²) >= 11 is 0. The van der Waals surface area contributed by atoms with Crippen molar-refractivity contribution in [2.75, 3.05) is 42.7 Å². The third-order valence-corrected chi connectivity index (χ3v) is 4.30. The molecule has 0 saturated heterocycles. The number of hydrogen-bond acceptors (Lipinski definition) is 6. The average Bonchev–Trinajstić information content (AvgIpc) is 2.58. The Morgan fingerprint density at radius 2 is 1.65 bits per heavy atom. The lowest BCUT2D eigenvalue weighted by molar-refractivity contribution is 0.182. The maximum absolute atomic E-state index is 4.32. The van der Waals surface area contributed by atoms with Crippen LogP contribution in [0.15, 0.2) is 36.7 Å². The molecule has 1 aromatic carbocycles. The highest BCUT2D eigenvalue weighted by atomic mass is 15.2. The third-order valence-electron chi connectivity index (χ3n) is 4.30. The van der Waals surface area contributed by atoms with Crippen molar-refractivity contribution in [3.05, 3.63) is 36.7 Å². The highest BCUT2D eigenvalue weighted by Gasteiger charge is 2.12. The molecule has 0 fully saturated rings. The Bertz CT molecular complexity index is 676. The Kier molecular flexibility index (Phi) is 7.21. The minimum Gasteiger partial charge on any atom is -0.378 e. The highest BCUT2D eigenvalue weighted by molar-refractivity contribution is 5.64. The van der Waals surface area contributed by atoms with Gasteiger partial charge in [0, 0.05) is 56.7 Å². The molecule has 0 atom stereocenters. The fraction of sp³-hybridized carbons (Fsp3) is 0.500. The molecule has 2 N–H and O–H groups in total. The molecule has 6 nitrogen and oxygen atoms in total. The molecular formula is C20H32N6. The van der Waals surface area contributed by atoms with E-state index in [1.165, 1.54) is 0 Å². The zero-order valence-corrected chi connectivity index (χ0v) is 16.8. The predicted octanol–water partition coefficient (Wildman–Crippen LogP) is 3.82. The lowest BCUT2D eigenvalue weighted by atomic mass is 10.2. The monoisotopic (exact) mass is 356 g/mol. The van der Waals surface area contributed by atoms with Crippen LogP contribution in [0, 0.1) is 0 Å². The normalized spacial score (nSPS) is 11.3. The van der Waals surface area contributed by atoms with Crippen molar-refractivity contribution in [2.45, 2.75) is 39.8 Å². The van der Waals surface area contributed by atoms with Crippen LogP contribution in [0.3, 0.4) is 0 Å². The molecule has 2 aromatic rings. The average molecular weight is 357 g/mol. The first-order valence-electron chi connectivity index (χ1n) is 9.23. The standard InChI is InChI=1S/C20H32N6/c1-15(2)26(16(3)4)11-10-21-19-13-20(23-14-22-19)24-17-8-7-9-18(12-17)25(5)6/h7-9,12-16H,10-11H2,1-6H3,(H2,21,22,23,24). The Labute approximate surface area is 157 Å². The number of benzene rings is 1. The summed E-state index contributed by atoms with van der Waals surface area (Å²) in [5.41, 5.74) is 2.15. The lowest BCUT2D eigenvalue weighted by Gasteiger charge is -2.30. The minimum absolute atomic E-state index is 0.531. The predicted molar refractivity (Wildman–Crippen MR) is 112 cm³/mol. The van der Waals surface area contributed by atoms with Crippen LogP contribution in [0.25, 0.3) is 0 Å². The molecule has 6 heteroatoms. The fourth-order valence-corrected chi connectivity index (χ4v) is 2.96. The van der Waals surface area contributed by atoms with Crippen molar-refractivity contribution in [2.24, 2.45) is 0 Å². The van der Waals surface area contributed by atoms with Crippen LogP contribution in [0.5, 0.6) is 0 Å². The summed E-state index contributed by atoms with van der Waals surface area (Å²) in [5.74, 6) is 1.61. The van der Waals surface area contributed by atoms with Crippen LogP contribution >= 0.6 is 0 Å². The second-order valence-electron chi connectivity index (χ2n) is 7.21. The van der Waals surface area contributed by atoms with Gasteiger partial charge in [-0.3, -0.25) is 4.90 Å². The van der Waals surface area contributed by atoms with Crippen molar-refractivity contribution < 1.29 is 0 Å². The SMILES string of the molecule is CC(C)N(CCNc1cc(Nc2cccc(N(C)C)c2)ncn1)C(C)C. The van der Waals surface area contributed by atoms with E-state index in [9.17, 15) is 0 Å². The van der Waals surface area contributed by atoms with Gasteiger partial charge in [-0.05, 0) is 45.9 Å². The lowest BCUT2D eigenvalue weighted by Crippen LogP contribution is -2.40. The molecule has 0 saturated carbocycles. The van der Waals surface area contributed by atoms with Crippen molar-refractivity contribution in [3.63, 3.8) is 0 Å². The van der Waals surface area contributed by atoms with E-state index in [1.54, 1.807) is 6.33 Å². The van der Waals surface area contributed by atoms with E-state index in [-0.39, 0.29) is 0 Å². The maximum atomic E-state index is 4.32. The van der Waals surface area contributed by atoms with Gasteiger partial charge in [-0.15, -0.1) is 0 Å². The van der Waals surface area contributed by atoms with Crippen LogP contribution in [-0.4, -0.2) is 54.1 Å². The molecule has 0 spiro atoms. The van der Waals surface area contributed by atoms with Crippen LogP contribution in [-0.2, 0) is 0 Å². The number of aromatic nitrogens is 2. The van der Waals surface area contributed by atoms with Crippen LogP contribution in [0.4, 0.5) is 23.0 Å². The van der Waals surface area contributed by atoms with E-state index < -0.39 is 0 Å². The van der Waals surface area contributed by atoms with Crippen molar-refractivity contribution >= 4 is 23.0 Å². The van der Waals surface area contributed by atoms with Crippen LogP contribution in [0.1, 0.15) is 27.7 Å². The van der Waals surface area contributed by atoms with Gasteiger partial charge < -0.3 is 15.5 Å². The molecule has 1 aromatic heterocycles. The molecule has 1 heterocycles. The van der Waals surface area contributed by atoms with Gasteiger partial charge in [0.1, 0.15) is 18.0 Å². The topological polar surface area (TPSA) is 56.3 Å². The number of nitrogens with one attached hydrogen (secondary N) is 2. The second-order valence-corrected chi connectivity index (χ2v) is 7.21. The number of nitrogens with zero attached hydrogens (tertiary/aromatic N) is 4. The molecule has 2 rings (SSSR count). The Morgan fingerprint density at radius 1 is 0.962 bits per heavy atom. The van der Waals surface area contributed by atoms with Gasteiger partial charge in [-0.25, -0.2) is 9.97 Å². The number of rotatable bonds is 9. The van der Waals surface area contributed by atoms with Crippen molar-refractivity contribution in [1.29, 1.82) is 0 Å². The molecule has 142 valence electrons. The summed E-state index contributed by atoms with van der Waals surface area (Å²) in [4.78, 5) is 13.2. The summed E-state index contributed by atoms with van der Waals surface area (Å²) < 4.78 is 0. The summed E-state index contributed by atoms with van der Waals surface area (Å²) in [7, 11) is 4.06. The van der Waals surface area contributed by atoms with E-state index >= 15 is 0 Å². The van der Waals surface area contributed by atoms with E-state index in [0.29, 0.717) is 12.1 Å². The first-order chi connectivity index (χ1) is 12.4. The fourth-order valence-electron chi connectivity index (χ4n) is 2.96. The summed E-state index contributed by atoms with van der Waals surface area (Å²) in [6.07, 6.45) is 1.59. The number of anilines is 4. The molecule has 0 bridgehead atoms. The Hall–Kier alpha value is -2.34. The molecule has 0 unspecified atom stereocenters. The smallest absolute Gasteiger partial charge is 0.135 e. The maximum Gasteiger partial charge on any atom is 0.135 e. The minimum atomic E-state index is 0.531.